The van der Waals surface area contributed by atoms with Crippen LogP contribution in [0.2, 0.25) is 0 Å². The molecule has 0 aliphatic carbocycles. The maximum absolute atomic E-state index is 9.71. The fourth-order valence-electron chi connectivity index (χ4n) is 2.48. The maximum Gasteiger partial charge on any atom is 0.0951 e. The van der Waals surface area contributed by atoms with Crippen molar-refractivity contribution in [3.05, 3.63) is 23.5 Å². The topological polar surface area (TPSA) is 40.5 Å². The summed E-state index contributed by atoms with van der Waals surface area (Å²) < 4.78 is 0. The second-order valence-electron chi connectivity index (χ2n) is 5.78. The largest absolute Gasteiger partial charge is 0.512 e. The van der Waals surface area contributed by atoms with E-state index in [-0.39, 0.29) is 0 Å². The first-order chi connectivity index (χ1) is 10.3. The van der Waals surface area contributed by atoms with Crippen molar-refractivity contribution in [2.75, 3.05) is 6.61 Å². The lowest BCUT2D eigenvalue weighted by molar-refractivity contribution is 0.282. The van der Waals surface area contributed by atoms with Gasteiger partial charge in [-0.1, -0.05) is 70.9 Å². The summed E-state index contributed by atoms with van der Waals surface area (Å²) in [5.74, 6) is 0.537. The number of allylic oxidation sites excluding steroid dienone is 4. The molecule has 0 unspecified atom stereocenters. The average Bonchev–Trinajstić information content (AvgIpc) is 2.51. The Balaban J connectivity index is 3.43. The summed E-state index contributed by atoms with van der Waals surface area (Å²) >= 11 is 0. The number of aliphatic hydroxyl groups excluding tert-OH is 2. The molecule has 0 saturated carbocycles. The Morgan fingerprint density at radius 3 is 1.76 bits per heavy atom. The van der Waals surface area contributed by atoms with Crippen molar-refractivity contribution >= 4 is 0 Å². The van der Waals surface area contributed by atoms with Gasteiger partial charge in [0.2, 0.25) is 0 Å². The molecule has 124 valence electrons. The minimum absolute atomic E-state index is 0.346. The smallest absolute Gasteiger partial charge is 0.0951 e. The predicted octanol–water partition coefficient (Wildman–Crippen LogP) is 6.07. The molecule has 21 heavy (non-hydrogen) atoms. The third-order valence-corrected chi connectivity index (χ3v) is 3.93. The van der Waals surface area contributed by atoms with Crippen LogP contribution in [0.4, 0.5) is 0 Å². The van der Waals surface area contributed by atoms with Crippen LogP contribution in [0.3, 0.4) is 0 Å². The Kier molecular flexibility index (Phi) is 15.1. The Morgan fingerprint density at radius 2 is 1.29 bits per heavy atom. The zero-order valence-electron chi connectivity index (χ0n) is 14.2. The Morgan fingerprint density at radius 1 is 0.762 bits per heavy atom. The van der Waals surface area contributed by atoms with Gasteiger partial charge in [-0.15, -0.1) is 0 Å². The van der Waals surface area contributed by atoms with Gasteiger partial charge in [-0.2, -0.15) is 0 Å². The van der Waals surface area contributed by atoms with Crippen LogP contribution < -0.4 is 0 Å². The third kappa shape index (κ3) is 12.7. The molecule has 0 spiro atoms. The van der Waals surface area contributed by atoms with E-state index in [2.05, 4.69) is 19.1 Å². The Labute approximate surface area is 132 Å². The van der Waals surface area contributed by atoms with Crippen LogP contribution in [0.5, 0.6) is 0 Å². The molecule has 0 amide bonds. The lowest BCUT2D eigenvalue weighted by atomic mass is 10.1. The molecule has 0 radical (unpaired) electrons. The molecule has 0 heterocycles. The molecule has 0 rings (SSSR count). The molecule has 2 nitrogen and oxygen atoms in total. The van der Waals surface area contributed by atoms with Crippen molar-refractivity contribution in [3.63, 3.8) is 0 Å². The average molecular weight is 296 g/mol. The van der Waals surface area contributed by atoms with Gasteiger partial charge in [-0.05, 0) is 31.3 Å². The van der Waals surface area contributed by atoms with E-state index in [1.165, 1.54) is 51.4 Å². The van der Waals surface area contributed by atoms with E-state index in [4.69, 9.17) is 5.11 Å². The highest BCUT2D eigenvalue weighted by atomic mass is 16.3. The Bertz CT molecular complexity index is 279. The van der Waals surface area contributed by atoms with E-state index in [1.807, 2.05) is 6.92 Å². The minimum Gasteiger partial charge on any atom is -0.512 e. The highest BCUT2D eigenvalue weighted by Gasteiger charge is 1.97. The first-order valence-electron chi connectivity index (χ1n) is 8.94. The van der Waals surface area contributed by atoms with Gasteiger partial charge >= 0.3 is 0 Å². The van der Waals surface area contributed by atoms with Gasteiger partial charge in [-0.3, -0.25) is 0 Å². The van der Waals surface area contributed by atoms with Crippen LogP contribution in [0.1, 0.15) is 90.9 Å². The predicted molar refractivity (Wildman–Crippen MR) is 92.6 cm³/mol. The van der Waals surface area contributed by atoms with Gasteiger partial charge in [0, 0.05) is 13.0 Å². The first kappa shape index (κ1) is 20.2. The summed E-state index contributed by atoms with van der Waals surface area (Å²) in [6, 6.07) is 0. The van der Waals surface area contributed by atoms with E-state index in [0.29, 0.717) is 12.4 Å². The van der Waals surface area contributed by atoms with E-state index < -0.39 is 0 Å². The van der Waals surface area contributed by atoms with E-state index in [1.54, 1.807) is 0 Å². The summed E-state index contributed by atoms with van der Waals surface area (Å²) in [7, 11) is 0. The van der Waals surface area contributed by atoms with Crippen LogP contribution in [-0.2, 0) is 0 Å². The molecule has 0 atom stereocenters. The quantitative estimate of drug-likeness (QED) is 0.232. The molecule has 0 bridgehead atoms. The normalized spacial score (nSPS) is 12.9. The van der Waals surface area contributed by atoms with E-state index in [9.17, 15) is 5.11 Å². The molecule has 0 aliphatic rings. The van der Waals surface area contributed by atoms with Crippen molar-refractivity contribution in [1.82, 2.24) is 0 Å². The SMILES string of the molecule is CCC(O)=C(C=CCCCCCCCCCCCO)CC. The third-order valence-electron chi connectivity index (χ3n) is 3.93. The van der Waals surface area contributed by atoms with Crippen molar-refractivity contribution in [2.45, 2.75) is 90.9 Å². The lowest BCUT2D eigenvalue weighted by Crippen LogP contribution is -1.86. The molecular weight excluding hydrogens is 260 g/mol. The molecular formula is C19H36O2. The summed E-state index contributed by atoms with van der Waals surface area (Å²) in [4.78, 5) is 0. The summed E-state index contributed by atoms with van der Waals surface area (Å²) in [5, 5.41) is 18.4. The number of aliphatic hydroxyl groups is 2. The van der Waals surface area contributed by atoms with Crippen molar-refractivity contribution in [1.29, 1.82) is 0 Å². The lowest BCUT2D eigenvalue weighted by Gasteiger charge is -2.02. The molecule has 0 aromatic rings. The van der Waals surface area contributed by atoms with E-state index in [0.717, 1.165) is 31.3 Å². The number of hydrogen-bond acceptors (Lipinski definition) is 2. The second kappa shape index (κ2) is 15.6. The van der Waals surface area contributed by atoms with Gasteiger partial charge in [0.25, 0.3) is 0 Å². The van der Waals surface area contributed by atoms with Gasteiger partial charge in [0.05, 0.1) is 5.76 Å². The molecule has 2 N–H and O–H groups in total. The highest BCUT2D eigenvalue weighted by Crippen LogP contribution is 2.13. The first-order valence-corrected chi connectivity index (χ1v) is 8.94. The van der Waals surface area contributed by atoms with Gasteiger partial charge in [-0.25, -0.2) is 0 Å². The van der Waals surface area contributed by atoms with Crippen LogP contribution >= 0.6 is 0 Å². The summed E-state index contributed by atoms with van der Waals surface area (Å²) in [6.45, 7) is 4.42. The molecule has 2 heteroatoms. The van der Waals surface area contributed by atoms with Gasteiger partial charge in [0.15, 0.2) is 0 Å². The maximum atomic E-state index is 9.71. The van der Waals surface area contributed by atoms with E-state index >= 15 is 0 Å². The molecule has 0 fully saturated rings. The van der Waals surface area contributed by atoms with Crippen molar-refractivity contribution in [3.8, 4) is 0 Å². The van der Waals surface area contributed by atoms with Crippen LogP contribution in [-0.4, -0.2) is 16.8 Å². The van der Waals surface area contributed by atoms with Gasteiger partial charge < -0.3 is 10.2 Å². The van der Waals surface area contributed by atoms with Crippen molar-refractivity contribution in [2.24, 2.45) is 0 Å². The Hall–Kier alpha value is -0.760. The second-order valence-corrected chi connectivity index (χ2v) is 5.78. The minimum atomic E-state index is 0.346. The van der Waals surface area contributed by atoms with Crippen LogP contribution in [0.25, 0.3) is 0 Å². The standard InChI is InChI=1S/C19H36O2/c1-3-18(19(21)4-2)16-14-12-10-8-6-5-7-9-11-13-15-17-20/h14,16,20-21H,3-13,15,17H2,1-2H3. The number of rotatable bonds is 14. The zero-order valence-corrected chi connectivity index (χ0v) is 14.2. The molecule has 0 saturated heterocycles. The number of hydrogen-bond donors (Lipinski definition) is 2. The fraction of sp³-hybridized carbons (Fsp3) is 0.789. The van der Waals surface area contributed by atoms with Crippen LogP contribution in [0, 0.1) is 0 Å². The zero-order chi connectivity index (χ0) is 15.8. The summed E-state index contributed by atoms with van der Waals surface area (Å²) in [5.41, 5.74) is 1.08. The van der Waals surface area contributed by atoms with Crippen LogP contribution in [0.15, 0.2) is 23.5 Å². The molecule has 0 aromatic carbocycles. The molecule has 0 aliphatic heterocycles. The molecule has 0 aromatic heterocycles. The monoisotopic (exact) mass is 296 g/mol. The number of unbranched alkanes of at least 4 members (excludes halogenated alkanes) is 9. The van der Waals surface area contributed by atoms with Crippen molar-refractivity contribution < 1.29 is 10.2 Å². The highest BCUT2D eigenvalue weighted by molar-refractivity contribution is 5.21. The van der Waals surface area contributed by atoms with Gasteiger partial charge in [0.1, 0.15) is 0 Å². The fourth-order valence-corrected chi connectivity index (χ4v) is 2.48. The summed E-state index contributed by atoms with van der Waals surface area (Å²) in [6.07, 6.45) is 18.4.